The predicted molar refractivity (Wildman–Crippen MR) is 46.9 cm³/mol. The lowest BCUT2D eigenvalue weighted by Gasteiger charge is -2.39. The first-order valence-corrected chi connectivity index (χ1v) is 4.45. The Labute approximate surface area is 78.1 Å². The van der Waals surface area contributed by atoms with Crippen LogP contribution in [0, 0.1) is 23.2 Å². The van der Waals surface area contributed by atoms with Gasteiger partial charge in [0.2, 0.25) is 0 Å². The molecule has 1 amide bonds. The van der Waals surface area contributed by atoms with Crippen molar-refractivity contribution < 1.29 is 9.53 Å². The fourth-order valence-electron chi connectivity index (χ4n) is 1.58. The van der Waals surface area contributed by atoms with E-state index in [0.717, 1.165) is 6.42 Å². The molecule has 0 aliphatic carbocycles. The molecule has 72 valence electrons. The highest BCUT2D eigenvalue weighted by molar-refractivity contribution is 5.68. The summed E-state index contributed by atoms with van der Waals surface area (Å²) in [4.78, 5) is 12.6. The van der Waals surface area contributed by atoms with E-state index in [2.05, 4.69) is 10.8 Å². The Morgan fingerprint density at radius 3 is 2.77 bits per heavy atom. The van der Waals surface area contributed by atoms with Gasteiger partial charge in [0.05, 0.1) is 19.1 Å². The highest BCUT2D eigenvalue weighted by atomic mass is 16.5. The number of nitriles is 1. The highest BCUT2D eigenvalue weighted by Gasteiger charge is 2.35. The average Bonchev–Trinajstić information content (AvgIpc) is 2.09. The maximum absolute atomic E-state index is 11.0. The first-order chi connectivity index (χ1) is 6.22. The van der Waals surface area contributed by atoms with Crippen molar-refractivity contribution in [3.63, 3.8) is 0 Å². The van der Waals surface area contributed by atoms with Crippen LogP contribution in [0.3, 0.4) is 0 Å². The third-order valence-corrected chi connectivity index (χ3v) is 2.52. The van der Waals surface area contributed by atoms with Gasteiger partial charge >= 0.3 is 6.09 Å². The van der Waals surface area contributed by atoms with Gasteiger partial charge in [-0.25, -0.2) is 4.79 Å². The molecule has 0 N–H and O–H groups in total. The molecule has 1 saturated heterocycles. The molecular formula is C9H14N2O2. The lowest BCUT2D eigenvalue weighted by atomic mass is 9.85. The summed E-state index contributed by atoms with van der Waals surface area (Å²) in [6.45, 7) is 3.33. The lowest BCUT2D eigenvalue weighted by molar-refractivity contribution is 0.0533. The standard InChI is InChI=1S/C9H14N2O2/c1-3-7(4-10)8-5-11(6-8)9(12)13-2/h7-8H,3,5-6H2,1-2H3. The van der Waals surface area contributed by atoms with Gasteiger partial charge in [0.1, 0.15) is 0 Å². The zero-order valence-corrected chi connectivity index (χ0v) is 7.99. The predicted octanol–water partition coefficient (Wildman–Crippen LogP) is 1.23. The smallest absolute Gasteiger partial charge is 0.409 e. The third kappa shape index (κ3) is 1.92. The van der Waals surface area contributed by atoms with Gasteiger partial charge in [-0.3, -0.25) is 0 Å². The SMILES string of the molecule is CCC(C#N)C1CN(C(=O)OC)C1. The quantitative estimate of drug-likeness (QED) is 0.645. The molecule has 4 heteroatoms. The Morgan fingerprint density at radius 2 is 2.38 bits per heavy atom. The van der Waals surface area contributed by atoms with Crippen molar-refractivity contribution >= 4 is 6.09 Å². The van der Waals surface area contributed by atoms with Crippen LogP contribution in [0.4, 0.5) is 4.79 Å². The number of ether oxygens (including phenoxy) is 1. The zero-order chi connectivity index (χ0) is 9.84. The molecule has 0 bridgehead atoms. The fraction of sp³-hybridized carbons (Fsp3) is 0.778. The van der Waals surface area contributed by atoms with Gasteiger partial charge < -0.3 is 9.64 Å². The molecule has 0 radical (unpaired) electrons. The second-order valence-corrected chi connectivity index (χ2v) is 3.28. The maximum atomic E-state index is 11.0. The first-order valence-electron chi connectivity index (χ1n) is 4.45. The average molecular weight is 182 g/mol. The van der Waals surface area contributed by atoms with Crippen LogP contribution in [0.15, 0.2) is 0 Å². The van der Waals surface area contributed by atoms with E-state index in [1.807, 2.05) is 6.92 Å². The Hall–Kier alpha value is -1.24. The van der Waals surface area contributed by atoms with E-state index in [1.165, 1.54) is 7.11 Å². The first kappa shape index (κ1) is 9.85. The molecule has 1 heterocycles. The molecular weight excluding hydrogens is 168 g/mol. The van der Waals surface area contributed by atoms with Crippen molar-refractivity contribution in [2.75, 3.05) is 20.2 Å². The van der Waals surface area contributed by atoms with Crippen molar-refractivity contribution in [3.05, 3.63) is 0 Å². The molecule has 0 aromatic carbocycles. The van der Waals surface area contributed by atoms with Gasteiger partial charge in [0.25, 0.3) is 0 Å². The number of carbonyl (C=O) groups excluding carboxylic acids is 1. The summed E-state index contributed by atoms with van der Waals surface area (Å²) in [7, 11) is 1.37. The molecule has 1 aliphatic rings. The second-order valence-electron chi connectivity index (χ2n) is 3.28. The van der Waals surface area contributed by atoms with Crippen LogP contribution in [0.5, 0.6) is 0 Å². The van der Waals surface area contributed by atoms with E-state index in [1.54, 1.807) is 4.90 Å². The van der Waals surface area contributed by atoms with Crippen LogP contribution in [-0.2, 0) is 4.74 Å². The normalized spacial score (nSPS) is 18.7. The summed E-state index contributed by atoms with van der Waals surface area (Å²) in [5, 5.41) is 8.76. The van der Waals surface area contributed by atoms with E-state index < -0.39 is 0 Å². The molecule has 4 nitrogen and oxygen atoms in total. The van der Waals surface area contributed by atoms with Crippen molar-refractivity contribution in [1.82, 2.24) is 4.90 Å². The number of nitrogens with zero attached hydrogens (tertiary/aromatic N) is 2. The van der Waals surface area contributed by atoms with Crippen LogP contribution in [0.2, 0.25) is 0 Å². The van der Waals surface area contributed by atoms with Crippen LogP contribution in [0.25, 0.3) is 0 Å². The summed E-state index contributed by atoms with van der Waals surface area (Å²) in [5.74, 6) is 0.426. The van der Waals surface area contributed by atoms with Crippen molar-refractivity contribution in [3.8, 4) is 6.07 Å². The number of methoxy groups -OCH3 is 1. The van der Waals surface area contributed by atoms with Crippen molar-refractivity contribution in [1.29, 1.82) is 5.26 Å². The summed E-state index contributed by atoms with van der Waals surface area (Å²) in [6, 6.07) is 2.25. The van der Waals surface area contributed by atoms with Gasteiger partial charge in [-0.2, -0.15) is 5.26 Å². The number of carbonyl (C=O) groups is 1. The minimum Gasteiger partial charge on any atom is -0.453 e. The Kier molecular flexibility index (Phi) is 3.13. The van der Waals surface area contributed by atoms with Gasteiger partial charge in [-0.05, 0) is 6.42 Å². The molecule has 0 aromatic rings. The van der Waals surface area contributed by atoms with Crippen LogP contribution in [0.1, 0.15) is 13.3 Å². The molecule has 1 rings (SSSR count). The minimum atomic E-state index is -0.288. The van der Waals surface area contributed by atoms with E-state index in [4.69, 9.17) is 5.26 Å². The van der Waals surface area contributed by atoms with Gasteiger partial charge in [0.15, 0.2) is 0 Å². The van der Waals surface area contributed by atoms with Crippen LogP contribution >= 0.6 is 0 Å². The number of hydrogen-bond donors (Lipinski definition) is 0. The number of amides is 1. The van der Waals surface area contributed by atoms with Gasteiger partial charge in [-0.15, -0.1) is 0 Å². The molecule has 1 atom stereocenters. The Bertz CT molecular complexity index is 228. The maximum Gasteiger partial charge on any atom is 0.409 e. The number of rotatable bonds is 2. The molecule has 13 heavy (non-hydrogen) atoms. The zero-order valence-electron chi connectivity index (χ0n) is 7.99. The third-order valence-electron chi connectivity index (χ3n) is 2.52. The van der Waals surface area contributed by atoms with Gasteiger partial charge in [0, 0.05) is 19.0 Å². The second kappa shape index (κ2) is 4.13. The highest BCUT2D eigenvalue weighted by Crippen LogP contribution is 2.25. The molecule has 0 saturated carbocycles. The van der Waals surface area contributed by atoms with E-state index in [-0.39, 0.29) is 12.0 Å². The summed E-state index contributed by atoms with van der Waals surface area (Å²) < 4.78 is 4.55. The Balaban J connectivity index is 2.33. The van der Waals surface area contributed by atoms with Crippen LogP contribution in [-0.4, -0.2) is 31.2 Å². The molecule has 1 aliphatic heterocycles. The summed E-state index contributed by atoms with van der Waals surface area (Å²) in [5.41, 5.74) is 0. The van der Waals surface area contributed by atoms with Crippen molar-refractivity contribution in [2.24, 2.45) is 11.8 Å². The Morgan fingerprint density at radius 1 is 1.77 bits per heavy atom. The number of hydrogen-bond acceptors (Lipinski definition) is 3. The molecule has 1 unspecified atom stereocenters. The molecule has 0 aromatic heterocycles. The van der Waals surface area contributed by atoms with E-state index in [9.17, 15) is 4.79 Å². The monoisotopic (exact) mass is 182 g/mol. The van der Waals surface area contributed by atoms with Gasteiger partial charge in [-0.1, -0.05) is 6.92 Å². The molecule has 1 fully saturated rings. The summed E-state index contributed by atoms with van der Waals surface area (Å²) >= 11 is 0. The topological polar surface area (TPSA) is 53.3 Å². The van der Waals surface area contributed by atoms with Crippen LogP contribution < -0.4 is 0 Å². The summed E-state index contributed by atoms with van der Waals surface area (Å²) in [6.07, 6.45) is 0.569. The largest absolute Gasteiger partial charge is 0.453 e. The van der Waals surface area contributed by atoms with E-state index in [0.29, 0.717) is 19.0 Å². The minimum absolute atomic E-state index is 0.0842. The van der Waals surface area contributed by atoms with E-state index >= 15 is 0 Å². The van der Waals surface area contributed by atoms with Crippen molar-refractivity contribution in [2.45, 2.75) is 13.3 Å². The number of likely N-dealkylation sites (tertiary alicyclic amines) is 1. The molecule has 0 spiro atoms. The fourth-order valence-corrected chi connectivity index (χ4v) is 1.58. The lowest BCUT2D eigenvalue weighted by Crippen LogP contribution is -2.52.